The van der Waals surface area contributed by atoms with Gasteiger partial charge in [0.15, 0.2) is 5.75 Å². The van der Waals surface area contributed by atoms with Gasteiger partial charge in [-0.1, -0.05) is 28.9 Å². The molecule has 1 aromatic heterocycles. The Morgan fingerprint density at radius 2 is 2.19 bits per heavy atom. The molecule has 2 aromatic rings. The van der Waals surface area contributed by atoms with Gasteiger partial charge < -0.3 is 10.1 Å². The molecule has 0 amide bonds. The number of aromatic nitrogens is 2. The predicted octanol–water partition coefficient (Wildman–Crippen LogP) is 4.52. The van der Waals surface area contributed by atoms with Crippen LogP contribution in [-0.2, 0) is 6.54 Å². The molecular weight excluding hydrogens is 330 g/mol. The summed E-state index contributed by atoms with van der Waals surface area (Å²) in [5, 5.41) is 7.74. The van der Waals surface area contributed by atoms with Crippen LogP contribution in [0, 0.1) is 0 Å². The third-order valence-electron chi connectivity index (χ3n) is 3.30. The van der Waals surface area contributed by atoms with Crippen LogP contribution in [0.4, 0.5) is 0 Å². The van der Waals surface area contributed by atoms with Gasteiger partial charge in [0.2, 0.25) is 0 Å². The summed E-state index contributed by atoms with van der Waals surface area (Å²) >= 11 is 3.51. The molecule has 21 heavy (non-hydrogen) atoms. The van der Waals surface area contributed by atoms with Gasteiger partial charge in [0.1, 0.15) is 5.75 Å². The molecule has 5 heteroatoms. The molecule has 0 aliphatic heterocycles. The van der Waals surface area contributed by atoms with E-state index in [9.17, 15) is 0 Å². The van der Waals surface area contributed by atoms with E-state index in [4.69, 9.17) is 4.74 Å². The second-order valence-corrected chi connectivity index (χ2v) is 5.91. The van der Waals surface area contributed by atoms with Gasteiger partial charge in [0, 0.05) is 22.6 Å². The van der Waals surface area contributed by atoms with Gasteiger partial charge in [-0.2, -0.15) is 5.10 Å². The van der Waals surface area contributed by atoms with E-state index in [1.54, 1.807) is 6.20 Å². The highest BCUT2D eigenvalue weighted by Crippen LogP contribution is 2.32. The lowest BCUT2D eigenvalue weighted by Crippen LogP contribution is -2.19. The molecule has 1 unspecified atom stereocenters. The van der Waals surface area contributed by atoms with Crippen molar-refractivity contribution in [1.82, 2.24) is 15.1 Å². The zero-order chi connectivity index (χ0) is 15.2. The lowest BCUT2D eigenvalue weighted by atomic mass is 10.1. The maximum absolute atomic E-state index is 6.02. The highest BCUT2D eigenvalue weighted by Gasteiger charge is 2.13. The van der Waals surface area contributed by atoms with Crippen LogP contribution < -0.4 is 10.1 Å². The molecule has 0 aliphatic carbocycles. The average molecular weight is 352 g/mol. The van der Waals surface area contributed by atoms with Gasteiger partial charge in [-0.25, -0.2) is 0 Å². The van der Waals surface area contributed by atoms with E-state index in [-0.39, 0.29) is 6.04 Å². The summed E-state index contributed by atoms with van der Waals surface area (Å²) in [7, 11) is 0. The number of nitrogens with one attached hydrogen (secondary N) is 1. The molecule has 114 valence electrons. The van der Waals surface area contributed by atoms with Crippen LogP contribution >= 0.6 is 15.9 Å². The van der Waals surface area contributed by atoms with E-state index in [1.807, 2.05) is 23.0 Å². The maximum atomic E-state index is 6.02. The SMILES string of the molecule is CCCNC(C)c1ccc(Br)cc1Oc1cnn(CC)c1. The zero-order valence-electron chi connectivity index (χ0n) is 12.8. The number of halogens is 1. The van der Waals surface area contributed by atoms with Crippen LogP contribution in [0.2, 0.25) is 0 Å². The molecule has 0 radical (unpaired) electrons. The van der Waals surface area contributed by atoms with E-state index in [0.717, 1.165) is 41.0 Å². The number of benzene rings is 1. The second kappa shape index (κ2) is 7.61. The van der Waals surface area contributed by atoms with Crippen molar-refractivity contribution in [3.63, 3.8) is 0 Å². The third kappa shape index (κ3) is 4.32. The van der Waals surface area contributed by atoms with Crippen LogP contribution in [0.5, 0.6) is 11.5 Å². The molecule has 2 rings (SSSR count). The van der Waals surface area contributed by atoms with Crippen molar-refractivity contribution in [2.24, 2.45) is 0 Å². The van der Waals surface area contributed by atoms with Crippen molar-refractivity contribution in [3.8, 4) is 11.5 Å². The van der Waals surface area contributed by atoms with Gasteiger partial charge >= 0.3 is 0 Å². The topological polar surface area (TPSA) is 39.1 Å². The maximum Gasteiger partial charge on any atom is 0.165 e. The Kier molecular flexibility index (Phi) is 5.82. The molecular formula is C16H22BrN3O. The number of aryl methyl sites for hydroxylation is 1. The largest absolute Gasteiger partial charge is 0.454 e. The quantitative estimate of drug-likeness (QED) is 0.796. The zero-order valence-corrected chi connectivity index (χ0v) is 14.4. The monoisotopic (exact) mass is 351 g/mol. The Labute approximate surface area is 134 Å². The van der Waals surface area contributed by atoms with E-state index in [0.29, 0.717) is 0 Å². The minimum absolute atomic E-state index is 0.245. The number of ether oxygens (including phenoxy) is 1. The first kappa shape index (κ1) is 16.0. The number of hydrogen-bond acceptors (Lipinski definition) is 3. The van der Waals surface area contributed by atoms with Crippen LogP contribution in [-0.4, -0.2) is 16.3 Å². The fourth-order valence-corrected chi connectivity index (χ4v) is 2.46. The van der Waals surface area contributed by atoms with Crippen LogP contribution in [0.3, 0.4) is 0 Å². The summed E-state index contributed by atoms with van der Waals surface area (Å²) in [6.07, 6.45) is 4.77. The van der Waals surface area contributed by atoms with E-state index in [1.165, 1.54) is 0 Å². The van der Waals surface area contributed by atoms with Gasteiger partial charge in [-0.15, -0.1) is 0 Å². The summed E-state index contributed by atoms with van der Waals surface area (Å²) < 4.78 is 8.88. The average Bonchev–Trinajstić information content (AvgIpc) is 2.92. The fourth-order valence-electron chi connectivity index (χ4n) is 2.12. The molecule has 1 heterocycles. The van der Waals surface area contributed by atoms with Crippen molar-refractivity contribution in [2.45, 2.75) is 39.8 Å². The predicted molar refractivity (Wildman–Crippen MR) is 88.8 cm³/mol. The summed E-state index contributed by atoms with van der Waals surface area (Å²) in [4.78, 5) is 0. The Balaban J connectivity index is 2.22. The van der Waals surface area contributed by atoms with Crippen molar-refractivity contribution in [1.29, 1.82) is 0 Å². The van der Waals surface area contributed by atoms with Crippen LogP contribution in [0.15, 0.2) is 35.1 Å². The van der Waals surface area contributed by atoms with Crippen LogP contribution in [0.25, 0.3) is 0 Å². The summed E-state index contributed by atoms with van der Waals surface area (Å²) in [6, 6.07) is 6.39. The summed E-state index contributed by atoms with van der Waals surface area (Å²) in [5.41, 5.74) is 1.15. The van der Waals surface area contributed by atoms with E-state index in [2.05, 4.69) is 53.2 Å². The highest BCUT2D eigenvalue weighted by molar-refractivity contribution is 9.10. The molecule has 0 fully saturated rings. The summed E-state index contributed by atoms with van der Waals surface area (Å²) in [5.74, 6) is 1.62. The molecule has 1 atom stereocenters. The minimum Gasteiger partial charge on any atom is -0.454 e. The Morgan fingerprint density at radius 3 is 2.86 bits per heavy atom. The van der Waals surface area contributed by atoms with Gasteiger partial charge in [0.05, 0.1) is 12.4 Å². The van der Waals surface area contributed by atoms with Crippen LogP contribution in [0.1, 0.15) is 38.8 Å². The fraction of sp³-hybridized carbons (Fsp3) is 0.438. The van der Waals surface area contributed by atoms with Crippen molar-refractivity contribution in [3.05, 3.63) is 40.6 Å². The molecule has 0 aliphatic rings. The van der Waals surface area contributed by atoms with Gasteiger partial charge in [-0.05, 0) is 38.9 Å². The second-order valence-electron chi connectivity index (χ2n) is 4.99. The van der Waals surface area contributed by atoms with E-state index >= 15 is 0 Å². The molecule has 0 spiro atoms. The molecule has 1 N–H and O–H groups in total. The first-order chi connectivity index (χ1) is 10.1. The number of rotatable bonds is 7. The van der Waals surface area contributed by atoms with Crippen molar-refractivity contribution < 1.29 is 4.74 Å². The van der Waals surface area contributed by atoms with Gasteiger partial charge in [0.25, 0.3) is 0 Å². The number of nitrogens with zero attached hydrogens (tertiary/aromatic N) is 2. The highest BCUT2D eigenvalue weighted by atomic mass is 79.9. The minimum atomic E-state index is 0.245. The van der Waals surface area contributed by atoms with Crippen molar-refractivity contribution in [2.75, 3.05) is 6.54 Å². The Bertz CT molecular complexity index is 583. The molecule has 1 aromatic carbocycles. The Morgan fingerprint density at radius 1 is 1.38 bits per heavy atom. The molecule has 0 saturated carbocycles. The molecule has 0 bridgehead atoms. The molecule has 0 saturated heterocycles. The summed E-state index contributed by atoms with van der Waals surface area (Å²) in [6.45, 7) is 8.20. The normalized spacial score (nSPS) is 12.4. The van der Waals surface area contributed by atoms with Crippen molar-refractivity contribution >= 4 is 15.9 Å². The first-order valence-corrected chi connectivity index (χ1v) is 8.16. The molecule has 4 nitrogen and oxygen atoms in total. The van der Waals surface area contributed by atoms with Gasteiger partial charge in [-0.3, -0.25) is 4.68 Å². The first-order valence-electron chi connectivity index (χ1n) is 7.37. The smallest absolute Gasteiger partial charge is 0.165 e. The lowest BCUT2D eigenvalue weighted by Gasteiger charge is -2.17. The third-order valence-corrected chi connectivity index (χ3v) is 3.80. The number of hydrogen-bond donors (Lipinski definition) is 1. The van der Waals surface area contributed by atoms with E-state index < -0.39 is 0 Å². The lowest BCUT2D eigenvalue weighted by molar-refractivity contribution is 0.459. The standard InChI is InChI=1S/C16H22BrN3O/c1-4-8-18-12(3)15-7-6-13(17)9-16(15)21-14-10-19-20(5-2)11-14/h6-7,9-12,18H,4-5,8H2,1-3H3. The Hall–Kier alpha value is -1.33.